The molecule has 4 rings (SSSR count). The van der Waals surface area contributed by atoms with Crippen LogP contribution in [0.5, 0.6) is 0 Å². The average molecular weight is 406 g/mol. The fourth-order valence-corrected chi connectivity index (χ4v) is 3.03. The van der Waals surface area contributed by atoms with Gasteiger partial charge in [0.1, 0.15) is 28.9 Å². The lowest BCUT2D eigenvalue weighted by Crippen LogP contribution is -1.99. The number of carbonyl (C=O) groups is 1. The number of nitriles is 2. The summed E-state index contributed by atoms with van der Waals surface area (Å²) in [6.07, 6.45) is 3.90. The first-order valence-electron chi connectivity index (χ1n) is 9.24. The van der Waals surface area contributed by atoms with Gasteiger partial charge >= 0.3 is 0 Å². The van der Waals surface area contributed by atoms with Crippen LogP contribution in [-0.2, 0) is 0 Å². The summed E-state index contributed by atoms with van der Waals surface area (Å²) >= 11 is 0. The van der Waals surface area contributed by atoms with Crippen LogP contribution in [0.1, 0.15) is 16.3 Å². The molecule has 31 heavy (non-hydrogen) atoms. The third-order valence-corrected chi connectivity index (χ3v) is 4.57. The Labute approximate surface area is 176 Å². The Kier molecular flexibility index (Phi) is 5.21. The zero-order valence-corrected chi connectivity index (χ0v) is 16.1. The zero-order valence-electron chi connectivity index (χ0n) is 16.1. The highest BCUT2D eigenvalue weighted by Crippen LogP contribution is 2.25. The van der Waals surface area contributed by atoms with Crippen LogP contribution < -0.4 is 0 Å². The molecule has 0 unspecified atom stereocenters. The molecule has 0 saturated carbocycles. The summed E-state index contributed by atoms with van der Waals surface area (Å²) < 4.78 is 11.1. The van der Waals surface area contributed by atoms with Crippen molar-refractivity contribution in [1.29, 1.82) is 10.5 Å². The minimum Gasteiger partial charge on any atom is -0.503 e. The Morgan fingerprint density at radius 1 is 0.871 bits per heavy atom. The van der Waals surface area contributed by atoms with Gasteiger partial charge in [0.15, 0.2) is 17.3 Å². The van der Waals surface area contributed by atoms with E-state index in [0.717, 1.165) is 10.8 Å². The first-order chi connectivity index (χ1) is 15.1. The van der Waals surface area contributed by atoms with Gasteiger partial charge in [-0.3, -0.25) is 4.79 Å². The van der Waals surface area contributed by atoms with Gasteiger partial charge in [0.2, 0.25) is 5.78 Å². The number of fused-ring (bicyclic) bond motifs is 2. The van der Waals surface area contributed by atoms with Gasteiger partial charge in [-0.25, -0.2) is 0 Å². The molecule has 0 aliphatic carbocycles. The predicted octanol–water partition coefficient (Wildman–Crippen LogP) is 5.86. The van der Waals surface area contributed by atoms with Gasteiger partial charge in [-0.1, -0.05) is 42.5 Å². The first-order valence-corrected chi connectivity index (χ1v) is 9.24. The zero-order chi connectivity index (χ0) is 21.8. The highest BCUT2D eigenvalue weighted by atomic mass is 16.4. The maximum absolute atomic E-state index is 12.6. The maximum Gasteiger partial charge on any atom is 0.238 e. The smallest absolute Gasteiger partial charge is 0.238 e. The van der Waals surface area contributed by atoms with Gasteiger partial charge in [0.25, 0.3) is 0 Å². The van der Waals surface area contributed by atoms with Crippen molar-refractivity contribution in [1.82, 2.24) is 0 Å². The van der Waals surface area contributed by atoms with Gasteiger partial charge in [0.05, 0.1) is 5.57 Å². The molecule has 2 aromatic carbocycles. The van der Waals surface area contributed by atoms with Crippen molar-refractivity contribution >= 4 is 33.5 Å². The quantitative estimate of drug-likeness (QED) is 0.146. The molecule has 0 aliphatic heterocycles. The molecular formula is C25H14N2O4. The number of aliphatic hydroxyl groups excluding tert-OH is 1. The lowest BCUT2D eigenvalue weighted by atomic mass is 10.1. The molecule has 4 aromatic rings. The number of rotatable bonds is 5. The van der Waals surface area contributed by atoms with Gasteiger partial charge in [-0.15, -0.1) is 0 Å². The fraction of sp³-hybridized carbons (Fsp3) is 0. The monoisotopic (exact) mass is 406 g/mol. The Morgan fingerprint density at radius 2 is 1.45 bits per heavy atom. The van der Waals surface area contributed by atoms with Crippen LogP contribution in [0.3, 0.4) is 0 Å². The van der Waals surface area contributed by atoms with E-state index >= 15 is 0 Å². The van der Waals surface area contributed by atoms with Crippen molar-refractivity contribution in [2.75, 3.05) is 0 Å². The Hall–Kier alpha value is -4.81. The van der Waals surface area contributed by atoms with Crippen LogP contribution in [0.2, 0.25) is 0 Å². The van der Waals surface area contributed by atoms with E-state index in [4.69, 9.17) is 8.83 Å². The minimum atomic E-state index is -0.577. The summed E-state index contributed by atoms with van der Waals surface area (Å²) in [7, 11) is 0. The molecule has 0 fully saturated rings. The number of hydrogen-bond donors (Lipinski definition) is 1. The van der Waals surface area contributed by atoms with E-state index in [9.17, 15) is 20.4 Å². The Morgan fingerprint density at radius 3 is 2.03 bits per heavy atom. The van der Waals surface area contributed by atoms with E-state index in [1.807, 2.05) is 30.3 Å². The highest BCUT2D eigenvalue weighted by molar-refractivity contribution is 6.11. The summed E-state index contributed by atoms with van der Waals surface area (Å²) in [5.74, 6) is -0.730. The number of para-hydroxylation sites is 2. The minimum absolute atomic E-state index is 0.0450. The number of carbonyl (C=O) groups excluding carboxylic acids is 1. The summed E-state index contributed by atoms with van der Waals surface area (Å²) in [6, 6.07) is 21.3. The van der Waals surface area contributed by atoms with Crippen LogP contribution in [-0.4, -0.2) is 10.9 Å². The fourth-order valence-electron chi connectivity index (χ4n) is 3.03. The van der Waals surface area contributed by atoms with Crippen molar-refractivity contribution in [3.05, 3.63) is 102 Å². The number of aliphatic hydroxyl groups is 1. The lowest BCUT2D eigenvalue weighted by Gasteiger charge is -1.96. The molecule has 0 saturated heterocycles. The van der Waals surface area contributed by atoms with E-state index in [0.29, 0.717) is 11.2 Å². The van der Waals surface area contributed by atoms with E-state index < -0.39 is 5.78 Å². The first kappa shape index (κ1) is 19.5. The predicted molar refractivity (Wildman–Crippen MR) is 115 cm³/mol. The van der Waals surface area contributed by atoms with Gasteiger partial charge in [-0.2, -0.15) is 10.5 Å². The molecule has 0 amide bonds. The summed E-state index contributed by atoms with van der Waals surface area (Å²) in [5, 5.41) is 30.7. The number of ketones is 1. The third kappa shape index (κ3) is 3.87. The van der Waals surface area contributed by atoms with Gasteiger partial charge < -0.3 is 13.9 Å². The van der Waals surface area contributed by atoms with Crippen molar-refractivity contribution in [3.63, 3.8) is 0 Å². The Balaban J connectivity index is 1.61. The molecule has 0 radical (unpaired) electrons. The SMILES string of the molecule is N#C\C(=C/C=C\C(C#N)=C(/O)c1cc2ccccc2o1)C(=O)c1cc2ccccc2o1. The molecule has 0 aliphatic rings. The van der Waals surface area contributed by atoms with Crippen LogP contribution in [0, 0.1) is 22.7 Å². The van der Waals surface area contributed by atoms with E-state index in [-0.39, 0.29) is 28.4 Å². The maximum atomic E-state index is 12.6. The molecule has 2 heterocycles. The highest BCUT2D eigenvalue weighted by Gasteiger charge is 2.16. The number of benzene rings is 2. The van der Waals surface area contributed by atoms with Crippen LogP contribution in [0.4, 0.5) is 0 Å². The molecule has 0 spiro atoms. The lowest BCUT2D eigenvalue weighted by molar-refractivity contribution is 0.101. The second-order valence-electron chi connectivity index (χ2n) is 6.55. The number of Topliss-reactive ketones (excluding diaryl/α,β-unsaturated/α-hetero) is 1. The molecule has 2 aromatic heterocycles. The van der Waals surface area contributed by atoms with E-state index in [2.05, 4.69) is 0 Å². The van der Waals surface area contributed by atoms with Crippen LogP contribution in [0.15, 0.2) is 98.9 Å². The summed E-state index contributed by atoms with van der Waals surface area (Å²) in [6.45, 7) is 0. The number of allylic oxidation sites excluding steroid dienone is 5. The van der Waals surface area contributed by atoms with Crippen molar-refractivity contribution in [3.8, 4) is 12.1 Å². The van der Waals surface area contributed by atoms with E-state index in [1.54, 1.807) is 42.5 Å². The molecule has 6 nitrogen and oxygen atoms in total. The molecule has 0 atom stereocenters. The number of hydrogen-bond acceptors (Lipinski definition) is 6. The summed E-state index contributed by atoms with van der Waals surface area (Å²) in [5.41, 5.74) is 0.872. The topological polar surface area (TPSA) is 111 Å². The average Bonchev–Trinajstić information content (AvgIpc) is 3.42. The van der Waals surface area contributed by atoms with E-state index in [1.165, 1.54) is 18.2 Å². The molecule has 0 bridgehead atoms. The van der Waals surface area contributed by atoms with Crippen molar-refractivity contribution < 1.29 is 18.7 Å². The third-order valence-electron chi connectivity index (χ3n) is 4.57. The standard InChI is InChI=1S/C25H14N2O4/c26-14-18(24(28)22-12-16-6-1-3-10-20(16)30-22)8-5-9-19(15-27)25(29)23-13-17-7-2-4-11-21(17)31-23/h1-13,28H/b8-5-,19-9+,24-18+. The molecular weight excluding hydrogens is 392 g/mol. The Bertz CT molecular complexity index is 1420. The van der Waals surface area contributed by atoms with Crippen LogP contribution in [0.25, 0.3) is 27.7 Å². The summed E-state index contributed by atoms with van der Waals surface area (Å²) in [4.78, 5) is 12.6. The second kappa shape index (κ2) is 8.28. The molecule has 148 valence electrons. The largest absolute Gasteiger partial charge is 0.503 e. The molecule has 6 heteroatoms. The van der Waals surface area contributed by atoms with Gasteiger partial charge in [0, 0.05) is 10.8 Å². The molecule has 1 N–H and O–H groups in total. The number of furan rings is 2. The normalized spacial score (nSPS) is 12.6. The number of nitrogens with zero attached hydrogens (tertiary/aromatic N) is 2. The second-order valence-corrected chi connectivity index (χ2v) is 6.55. The van der Waals surface area contributed by atoms with Gasteiger partial charge in [-0.05, 0) is 36.4 Å². The van der Waals surface area contributed by atoms with Crippen LogP contribution >= 0.6 is 0 Å². The van der Waals surface area contributed by atoms with Crippen molar-refractivity contribution in [2.45, 2.75) is 0 Å². The van der Waals surface area contributed by atoms with Crippen molar-refractivity contribution in [2.24, 2.45) is 0 Å².